The second kappa shape index (κ2) is 7.43. The fourth-order valence-electron chi connectivity index (χ4n) is 3.22. The van der Waals surface area contributed by atoms with E-state index in [1.54, 1.807) is 29.6 Å². The van der Waals surface area contributed by atoms with E-state index < -0.39 is 25.9 Å². The highest BCUT2D eigenvalue weighted by atomic mass is 32.2. The van der Waals surface area contributed by atoms with E-state index in [2.05, 4.69) is 4.72 Å². The standard InChI is InChI=1S/C19H17FN2O4S3/c20-15-5-8-17(9-6-15)28(23,24)21-16-7-10-18-14(13-16)3-1-11-22(18)29(25,26)19-4-2-12-27-19/h2,4-10,12-13,21H,1,3,11H2. The number of sulfonamides is 2. The van der Waals surface area contributed by atoms with Gasteiger partial charge in [0.25, 0.3) is 20.0 Å². The number of thiophene rings is 1. The molecule has 0 saturated heterocycles. The fraction of sp³-hybridized carbons (Fsp3) is 0.158. The molecule has 0 spiro atoms. The minimum Gasteiger partial charge on any atom is -0.280 e. The Kier molecular flexibility index (Phi) is 5.09. The molecule has 2 aromatic carbocycles. The molecule has 1 aliphatic rings. The van der Waals surface area contributed by atoms with Crippen LogP contribution in [0.25, 0.3) is 0 Å². The predicted molar refractivity (Wildman–Crippen MR) is 111 cm³/mol. The minimum absolute atomic E-state index is 0.0569. The van der Waals surface area contributed by atoms with Crippen LogP contribution in [-0.2, 0) is 26.5 Å². The van der Waals surface area contributed by atoms with Crippen LogP contribution in [0.1, 0.15) is 12.0 Å². The van der Waals surface area contributed by atoms with Gasteiger partial charge in [0.05, 0.1) is 10.6 Å². The molecule has 0 saturated carbocycles. The smallest absolute Gasteiger partial charge is 0.273 e. The lowest BCUT2D eigenvalue weighted by Crippen LogP contribution is -2.35. The average molecular weight is 453 g/mol. The number of hydrogen-bond acceptors (Lipinski definition) is 5. The van der Waals surface area contributed by atoms with Crippen LogP contribution in [0.4, 0.5) is 15.8 Å². The molecule has 10 heteroatoms. The van der Waals surface area contributed by atoms with Crippen LogP contribution in [-0.4, -0.2) is 23.4 Å². The lowest BCUT2D eigenvalue weighted by atomic mass is 10.0. The summed E-state index contributed by atoms with van der Waals surface area (Å²) < 4.78 is 68.1. The summed E-state index contributed by atoms with van der Waals surface area (Å²) in [6, 6.07) is 12.6. The molecular weight excluding hydrogens is 435 g/mol. The summed E-state index contributed by atoms with van der Waals surface area (Å²) in [5.41, 5.74) is 1.62. The van der Waals surface area contributed by atoms with Gasteiger partial charge in [0.15, 0.2) is 0 Å². The van der Waals surface area contributed by atoms with Crippen molar-refractivity contribution in [1.29, 1.82) is 0 Å². The molecule has 3 aromatic rings. The van der Waals surface area contributed by atoms with Gasteiger partial charge in [-0.25, -0.2) is 21.2 Å². The van der Waals surface area contributed by atoms with Crippen molar-refractivity contribution in [2.75, 3.05) is 15.6 Å². The Morgan fingerprint density at radius 1 is 1.00 bits per heavy atom. The van der Waals surface area contributed by atoms with Crippen LogP contribution >= 0.6 is 11.3 Å². The molecule has 1 N–H and O–H groups in total. The molecule has 0 aliphatic carbocycles. The molecule has 1 aromatic heterocycles. The van der Waals surface area contributed by atoms with Gasteiger partial charge in [-0.05, 0) is 72.3 Å². The van der Waals surface area contributed by atoms with Crippen LogP contribution in [0.3, 0.4) is 0 Å². The Hall–Kier alpha value is -2.43. The van der Waals surface area contributed by atoms with Gasteiger partial charge < -0.3 is 0 Å². The summed E-state index contributed by atoms with van der Waals surface area (Å²) >= 11 is 1.16. The normalized spacial score (nSPS) is 14.4. The van der Waals surface area contributed by atoms with E-state index in [0.29, 0.717) is 30.8 Å². The highest BCUT2D eigenvalue weighted by Crippen LogP contribution is 2.35. The van der Waals surface area contributed by atoms with Gasteiger partial charge in [-0.1, -0.05) is 6.07 Å². The van der Waals surface area contributed by atoms with Crippen molar-refractivity contribution in [3.63, 3.8) is 0 Å². The van der Waals surface area contributed by atoms with E-state index in [1.807, 2.05) is 0 Å². The summed E-state index contributed by atoms with van der Waals surface area (Å²) in [4.78, 5) is -0.0569. The average Bonchev–Trinajstić information content (AvgIpc) is 3.23. The number of aryl methyl sites for hydroxylation is 1. The van der Waals surface area contributed by atoms with Crippen molar-refractivity contribution in [3.8, 4) is 0 Å². The van der Waals surface area contributed by atoms with Gasteiger partial charge in [0.2, 0.25) is 0 Å². The van der Waals surface area contributed by atoms with Gasteiger partial charge in [-0.15, -0.1) is 11.3 Å². The first-order valence-electron chi connectivity index (χ1n) is 8.75. The zero-order valence-electron chi connectivity index (χ0n) is 15.1. The number of halogens is 1. The predicted octanol–water partition coefficient (Wildman–Crippen LogP) is 3.83. The maximum atomic E-state index is 13.1. The SMILES string of the molecule is O=S(=O)(Nc1ccc2c(c1)CCCN2S(=O)(=O)c1cccs1)c1ccc(F)cc1. The largest absolute Gasteiger partial charge is 0.280 e. The Balaban J connectivity index is 1.65. The van der Waals surface area contributed by atoms with Crippen LogP contribution in [0, 0.1) is 5.82 Å². The minimum atomic E-state index is -3.88. The first-order valence-corrected chi connectivity index (χ1v) is 12.6. The number of benzene rings is 2. The molecule has 1 aliphatic heterocycles. The summed E-state index contributed by atoms with van der Waals surface area (Å²) in [6.07, 6.45) is 1.27. The molecule has 0 amide bonds. The van der Waals surface area contributed by atoms with Crippen molar-refractivity contribution in [2.45, 2.75) is 21.9 Å². The van der Waals surface area contributed by atoms with E-state index in [0.717, 1.165) is 29.0 Å². The highest BCUT2D eigenvalue weighted by Gasteiger charge is 2.30. The summed E-state index contributed by atoms with van der Waals surface area (Å²) in [6.45, 7) is 0.369. The number of rotatable bonds is 5. The summed E-state index contributed by atoms with van der Waals surface area (Å²) in [5, 5.41) is 1.71. The quantitative estimate of drug-likeness (QED) is 0.638. The summed E-state index contributed by atoms with van der Waals surface area (Å²) in [7, 11) is -7.53. The van der Waals surface area contributed by atoms with E-state index in [9.17, 15) is 21.2 Å². The van der Waals surface area contributed by atoms with E-state index in [1.165, 1.54) is 22.5 Å². The van der Waals surface area contributed by atoms with Gasteiger partial charge in [0.1, 0.15) is 10.0 Å². The van der Waals surface area contributed by atoms with E-state index >= 15 is 0 Å². The molecule has 29 heavy (non-hydrogen) atoms. The third-order valence-electron chi connectivity index (χ3n) is 4.57. The maximum absolute atomic E-state index is 13.1. The highest BCUT2D eigenvalue weighted by molar-refractivity contribution is 7.94. The third-order valence-corrected chi connectivity index (χ3v) is 9.15. The van der Waals surface area contributed by atoms with Crippen LogP contribution in [0.5, 0.6) is 0 Å². The van der Waals surface area contributed by atoms with Gasteiger partial charge in [0, 0.05) is 12.2 Å². The zero-order valence-corrected chi connectivity index (χ0v) is 17.5. The lowest BCUT2D eigenvalue weighted by Gasteiger charge is -2.30. The van der Waals surface area contributed by atoms with Gasteiger partial charge in [-0.2, -0.15) is 0 Å². The van der Waals surface area contributed by atoms with Crippen LogP contribution in [0.2, 0.25) is 0 Å². The van der Waals surface area contributed by atoms with Gasteiger partial charge in [-0.3, -0.25) is 9.03 Å². The van der Waals surface area contributed by atoms with Crippen LogP contribution < -0.4 is 9.03 Å². The lowest BCUT2D eigenvalue weighted by molar-refractivity contribution is 0.588. The Labute approximate surface area is 172 Å². The Morgan fingerprint density at radius 3 is 2.45 bits per heavy atom. The first-order chi connectivity index (χ1) is 13.8. The zero-order chi connectivity index (χ0) is 20.6. The number of hydrogen-bond donors (Lipinski definition) is 1. The molecule has 2 heterocycles. The number of nitrogens with zero attached hydrogens (tertiary/aromatic N) is 1. The van der Waals surface area contributed by atoms with Crippen molar-refractivity contribution >= 4 is 42.8 Å². The first kappa shape index (κ1) is 19.9. The van der Waals surface area contributed by atoms with Crippen molar-refractivity contribution in [3.05, 3.63) is 71.4 Å². The molecule has 4 rings (SSSR count). The molecule has 6 nitrogen and oxygen atoms in total. The number of fused-ring (bicyclic) bond motifs is 1. The molecule has 0 fully saturated rings. The molecule has 0 unspecified atom stereocenters. The summed E-state index contributed by atoms with van der Waals surface area (Å²) in [5.74, 6) is -0.523. The van der Waals surface area contributed by atoms with Gasteiger partial charge >= 0.3 is 0 Å². The number of nitrogens with one attached hydrogen (secondary N) is 1. The molecular formula is C19H17FN2O4S3. The van der Waals surface area contributed by atoms with Crippen LogP contribution in [0.15, 0.2) is 69.1 Å². The maximum Gasteiger partial charge on any atom is 0.273 e. The fourth-order valence-corrected chi connectivity index (χ4v) is 6.92. The van der Waals surface area contributed by atoms with Crippen molar-refractivity contribution in [1.82, 2.24) is 0 Å². The molecule has 0 bridgehead atoms. The number of anilines is 2. The van der Waals surface area contributed by atoms with E-state index in [4.69, 9.17) is 0 Å². The Bertz CT molecular complexity index is 1240. The second-order valence-corrected chi connectivity index (χ2v) is 11.2. The van der Waals surface area contributed by atoms with E-state index in [-0.39, 0.29) is 9.10 Å². The second-order valence-electron chi connectivity index (χ2n) is 6.52. The monoisotopic (exact) mass is 452 g/mol. The molecule has 152 valence electrons. The third kappa shape index (κ3) is 3.87. The Morgan fingerprint density at radius 2 is 1.76 bits per heavy atom. The molecule has 0 radical (unpaired) electrons. The van der Waals surface area contributed by atoms with Crippen molar-refractivity contribution in [2.24, 2.45) is 0 Å². The van der Waals surface area contributed by atoms with Crippen molar-refractivity contribution < 1.29 is 21.2 Å². The topological polar surface area (TPSA) is 83.6 Å². The molecule has 0 atom stereocenters.